The molecule has 2 aliphatic rings. The van der Waals surface area contributed by atoms with Crippen LogP contribution in [0.5, 0.6) is 0 Å². The fourth-order valence-electron chi connectivity index (χ4n) is 3.73. The van der Waals surface area contributed by atoms with Gasteiger partial charge in [0.2, 0.25) is 0 Å². The Morgan fingerprint density at radius 3 is 1.35 bits per heavy atom. The summed E-state index contributed by atoms with van der Waals surface area (Å²) in [7, 11) is 0. The Morgan fingerprint density at radius 2 is 1.00 bits per heavy atom. The van der Waals surface area contributed by atoms with Gasteiger partial charge in [-0.2, -0.15) is 0 Å². The number of hydrogen-bond acceptors (Lipinski definition) is 12. The van der Waals surface area contributed by atoms with Crippen molar-refractivity contribution < 1.29 is 50.3 Å². The first-order chi connectivity index (χ1) is 16.3. The summed E-state index contributed by atoms with van der Waals surface area (Å²) in [6.45, 7) is -1.07. The molecule has 0 aromatic carbocycles. The van der Waals surface area contributed by atoms with E-state index in [0.717, 1.165) is 9.40 Å². The first kappa shape index (κ1) is 25.5. The summed E-state index contributed by atoms with van der Waals surface area (Å²) in [5.41, 5.74) is 1.28. The van der Waals surface area contributed by atoms with Gasteiger partial charge in [0.1, 0.15) is 61.0 Å². The van der Waals surface area contributed by atoms with E-state index in [1.165, 1.54) is 22.7 Å². The predicted octanol–water partition coefficient (Wildman–Crippen LogP) is -2.65. The summed E-state index contributed by atoms with van der Waals surface area (Å²) in [4.78, 5) is 0. The molecule has 34 heavy (non-hydrogen) atoms. The van der Waals surface area contributed by atoms with Crippen LogP contribution in [0.3, 0.4) is 0 Å². The van der Waals surface area contributed by atoms with Crippen molar-refractivity contribution in [1.82, 2.24) is 0 Å². The van der Waals surface area contributed by atoms with Gasteiger partial charge in [-0.1, -0.05) is 23.7 Å². The highest BCUT2D eigenvalue weighted by Gasteiger charge is 2.43. The Labute approximate surface area is 202 Å². The molecule has 0 saturated carbocycles. The molecule has 0 bridgehead atoms. The Kier molecular flexibility index (Phi) is 7.91. The van der Waals surface area contributed by atoms with Crippen molar-refractivity contribution in [3.8, 4) is 23.7 Å². The molecule has 0 radical (unpaired) electrons. The zero-order valence-corrected chi connectivity index (χ0v) is 19.2. The van der Waals surface area contributed by atoms with Gasteiger partial charge in [0.25, 0.3) is 0 Å². The van der Waals surface area contributed by atoms with Crippen LogP contribution >= 0.6 is 22.7 Å². The highest BCUT2D eigenvalue weighted by atomic mass is 32.1. The molecule has 2 saturated heterocycles. The molecule has 2 aliphatic heterocycles. The molecular formula is C22H24O10S2. The van der Waals surface area contributed by atoms with E-state index in [2.05, 4.69) is 23.7 Å². The lowest BCUT2D eigenvalue weighted by molar-refractivity contribution is -0.214. The van der Waals surface area contributed by atoms with E-state index >= 15 is 0 Å². The molecule has 0 aliphatic carbocycles. The number of rotatable bonds is 2. The Morgan fingerprint density at radius 1 is 0.618 bits per heavy atom. The second kappa shape index (κ2) is 10.6. The second-order valence-electron chi connectivity index (χ2n) is 7.99. The first-order valence-electron chi connectivity index (χ1n) is 10.4. The zero-order valence-electron chi connectivity index (χ0n) is 17.6. The van der Waals surface area contributed by atoms with Crippen molar-refractivity contribution in [1.29, 1.82) is 0 Å². The van der Waals surface area contributed by atoms with Gasteiger partial charge in [-0.25, -0.2) is 0 Å². The summed E-state index contributed by atoms with van der Waals surface area (Å²) in [6, 6.07) is 0. The lowest BCUT2D eigenvalue weighted by Crippen LogP contribution is -2.58. The fraction of sp³-hybridized carbons (Fsp3) is 0.545. The van der Waals surface area contributed by atoms with Crippen LogP contribution in [0.25, 0.3) is 9.40 Å². The lowest BCUT2D eigenvalue weighted by atomic mass is 9.95. The van der Waals surface area contributed by atoms with Gasteiger partial charge in [-0.05, 0) is 0 Å². The highest BCUT2D eigenvalue weighted by molar-refractivity contribution is 7.26. The molecule has 2 aromatic rings. The van der Waals surface area contributed by atoms with Crippen molar-refractivity contribution >= 4 is 32.1 Å². The maximum Gasteiger partial charge on any atom is 0.147 e. The fourth-order valence-corrected chi connectivity index (χ4v) is 5.90. The van der Waals surface area contributed by atoms with Crippen molar-refractivity contribution in [2.24, 2.45) is 0 Å². The van der Waals surface area contributed by atoms with Gasteiger partial charge in [-0.3, -0.25) is 0 Å². The third-order valence-corrected chi connectivity index (χ3v) is 7.92. The van der Waals surface area contributed by atoms with E-state index < -0.39 is 74.3 Å². The second-order valence-corrected chi connectivity index (χ2v) is 9.75. The van der Waals surface area contributed by atoms with Crippen LogP contribution in [0.4, 0.5) is 0 Å². The molecule has 0 amide bonds. The molecule has 12 heteroatoms. The van der Waals surface area contributed by atoms with Crippen molar-refractivity contribution in [3.63, 3.8) is 0 Å². The largest absolute Gasteiger partial charge is 0.394 e. The highest BCUT2D eigenvalue weighted by Crippen LogP contribution is 2.34. The van der Waals surface area contributed by atoms with Gasteiger partial charge in [0.15, 0.2) is 0 Å². The van der Waals surface area contributed by atoms with Gasteiger partial charge >= 0.3 is 0 Å². The van der Waals surface area contributed by atoms with Crippen molar-refractivity contribution in [2.45, 2.75) is 61.0 Å². The van der Waals surface area contributed by atoms with E-state index in [0.29, 0.717) is 11.1 Å². The molecule has 4 rings (SSSR count). The normalized spacial score (nSPS) is 38.1. The maximum absolute atomic E-state index is 10.1. The zero-order chi connectivity index (χ0) is 24.6. The van der Waals surface area contributed by atoms with E-state index in [-0.39, 0.29) is 0 Å². The molecule has 2 fully saturated rings. The Balaban J connectivity index is 1.54. The molecule has 4 heterocycles. The van der Waals surface area contributed by atoms with Crippen LogP contribution in [0.2, 0.25) is 0 Å². The minimum atomic E-state index is -1.50. The van der Waals surface area contributed by atoms with E-state index in [1.54, 1.807) is 10.8 Å². The quantitative estimate of drug-likeness (QED) is 0.198. The third kappa shape index (κ3) is 4.74. The number of aliphatic hydroxyl groups is 8. The average Bonchev–Trinajstić information content (AvgIpc) is 3.43. The number of hydrogen-bond donors (Lipinski definition) is 8. The van der Waals surface area contributed by atoms with Crippen LogP contribution in [0, 0.1) is 23.7 Å². The Bertz CT molecular complexity index is 1030. The van der Waals surface area contributed by atoms with Crippen LogP contribution in [-0.4, -0.2) is 115 Å². The van der Waals surface area contributed by atoms with E-state index in [9.17, 15) is 40.9 Å². The maximum atomic E-state index is 10.1. The molecule has 10 nitrogen and oxygen atoms in total. The van der Waals surface area contributed by atoms with Gasteiger partial charge < -0.3 is 50.3 Å². The molecule has 184 valence electrons. The van der Waals surface area contributed by atoms with Gasteiger partial charge in [-0.15, -0.1) is 22.7 Å². The van der Waals surface area contributed by atoms with Crippen LogP contribution in [0.15, 0.2) is 10.8 Å². The number of thiophene rings is 2. The summed E-state index contributed by atoms with van der Waals surface area (Å²) in [6.07, 6.45) is -13.1. The van der Waals surface area contributed by atoms with Crippen LogP contribution < -0.4 is 0 Å². The average molecular weight is 513 g/mol. The summed E-state index contributed by atoms with van der Waals surface area (Å²) < 4.78 is 12.4. The topological polar surface area (TPSA) is 180 Å². The number of fused-ring (bicyclic) bond motifs is 1. The number of ether oxygens (including phenoxy) is 2. The minimum absolute atomic E-state index is 0.535. The Hall–Kier alpha value is -1.62. The monoisotopic (exact) mass is 512 g/mol. The molecule has 0 unspecified atom stereocenters. The van der Waals surface area contributed by atoms with E-state index in [4.69, 9.17) is 9.47 Å². The van der Waals surface area contributed by atoms with Crippen molar-refractivity contribution in [2.75, 3.05) is 13.2 Å². The lowest BCUT2D eigenvalue weighted by Gasteiger charge is -2.37. The SMILES string of the molecule is OC[C@H]1O[C@H](C#Cc2csc3c(C#C[C@H]4O[C@H](CO)[C@@H](O)[C@H](O)[C@@H]4O)csc23)[C@@H](O)[C@@H](O)[C@@H]1O. The minimum Gasteiger partial charge on any atom is -0.394 e. The molecule has 10 atom stereocenters. The van der Waals surface area contributed by atoms with Crippen molar-refractivity contribution in [3.05, 3.63) is 21.9 Å². The number of aliphatic hydroxyl groups excluding tert-OH is 8. The predicted molar refractivity (Wildman–Crippen MR) is 121 cm³/mol. The van der Waals surface area contributed by atoms with Crippen LogP contribution in [-0.2, 0) is 9.47 Å². The smallest absolute Gasteiger partial charge is 0.147 e. The molecule has 0 spiro atoms. The van der Waals surface area contributed by atoms with Crippen LogP contribution in [0.1, 0.15) is 11.1 Å². The first-order valence-corrected chi connectivity index (χ1v) is 12.2. The molecular weight excluding hydrogens is 488 g/mol. The standard InChI is InChI=1S/C22H24O10S2/c23-5-13-17(27)19(29)15(25)11(31-13)3-1-9-7-33-22-10(8-34-21(9)22)2-4-12-16(26)20(30)18(28)14(6-24)32-12/h7-8,11-20,23-30H,5-6H2/t11-,12-,13-,14-,15-,16-,17-,18-,19-,20-/m1/s1. The molecule has 8 N–H and O–H groups in total. The third-order valence-electron chi connectivity index (χ3n) is 5.77. The summed E-state index contributed by atoms with van der Waals surface area (Å²) in [5, 5.41) is 82.0. The van der Waals surface area contributed by atoms with Gasteiger partial charge in [0.05, 0.1) is 33.7 Å². The summed E-state index contributed by atoms with van der Waals surface area (Å²) in [5.74, 6) is 11.3. The summed E-state index contributed by atoms with van der Waals surface area (Å²) >= 11 is 2.75. The molecule has 2 aromatic heterocycles. The van der Waals surface area contributed by atoms with E-state index in [1.807, 2.05) is 0 Å². The van der Waals surface area contributed by atoms with Gasteiger partial charge in [0, 0.05) is 10.8 Å².